The molecule has 0 atom stereocenters. The molecule has 1 fully saturated rings. The maximum absolute atomic E-state index is 13.4. The maximum atomic E-state index is 13.4. The zero-order valence-corrected chi connectivity index (χ0v) is 11.2. The molecule has 3 nitrogen and oxygen atoms in total. The van der Waals surface area contributed by atoms with E-state index in [1.54, 1.807) is 18.3 Å². The fourth-order valence-corrected chi connectivity index (χ4v) is 2.19. The first-order valence-corrected chi connectivity index (χ1v) is 6.66. The quantitative estimate of drug-likeness (QED) is 0.939. The molecule has 1 saturated carbocycles. The molecule has 1 aromatic heterocycles. The summed E-state index contributed by atoms with van der Waals surface area (Å²) in [7, 11) is 0. The van der Waals surface area contributed by atoms with Gasteiger partial charge in [-0.3, -0.25) is 0 Å². The van der Waals surface area contributed by atoms with E-state index in [-0.39, 0.29) is 5.82 Å². The summed E-state index contributed by atoms with van der Waals surface area (Å²) in [6.07, 6.45) is 4.08. The third-order valence-electron chi connectivity index (χ3n) is 2.89. The van der Waals surface area contributed by atoms with E-state index < -0.39 is 0 Å². The van der Waals surface area contributed by atoms with Crippen molar-refractivity contribution in [3.05, 3.63) is 40.6 Å². The standard InChI is InChI=1S/C13H12BrFN2O/c14-13-9(2-1-3-10(13)15)11-6-17-12(18-11)7-16-8-4-5-8/h1-3,6,8,16H,4-5,7H2. The minimum absolute atomic E-state index is 0.304. The van der Waals surface area contributed by atoms with Gasteiger partial charge in [0, 0.05) is 11.6 Å². The van der Waals surface area contributed by atoms with Crippen LogP contribution in [0.25, 0.3) is 11.3 Å². The topological polar surface area (TPSA) is 38.1 Å². The molecule has 1 aromatic carbocycles. The molecule has 0 amide bonds. The molecule has 2 aromatic rings. The van der Waals surface area contributed by atoms with Crippen LogP contribution in [0, 0.1) is 5.82 Å². The lowest BCUT2D eigenvalue weighted by molar-refractivity contribution is 0.476. The SMILES string of the molecule is Fc1cccc(-c2cnc(CNC3CC3)o2)c1Br. The largest absolute Gasteiger partial charge is 0.439 e. The number of nitrogens with zero attached hydrogens (tertiary/aromatic N) is 1. The van der Waals surface area contributed by atoms with Crippen LogP contribution in [0.4, 0.5) is 4.39 Å². The Kier molecular flexibility index (Phi) is 3.18. The Bertz CT molecular complexity index is 566. The first-order chi connectivity index (χ1) is 8.74. The Hall–Kier alpha value is -1.20. The van der Waals surface area contributed by atoms with Crippen LogP contribution in [0.2, 0.25) is 0 Å². The Balaban J connectivity index is 1.80. The Morgan fingerprint density at radius 2 is 2.28 bits per heavy atom. The van der Waals surface area contributed by atoms with Crippen LogP contribution in [0.1, 0.15) is 18.7 Å². The van der Waals surface area contributed by atoms with Gasteiger partial charge >= 0.3 is 0 Å². The molecule has 0 spiro atoms. The van der Waals surface area contributed by atoms with E-state index in [4.69, 9.17) is 4.42 Å². The summed E-state index contributed by atoms with van der Waals surface area (Å²) < 4.78 is 19.4. The number of nitrogens with one attached hydrogen (secondary N) is 1. The first kappa shape index (κ1) is 11.9. The summed E-state index contributed by atoms with van der Waals surface area (Å²) in [6.45, 7) is 0.623. The maximum Gasteiger partial charge on any atom is 0.208 e. The van der Waals surface area contributed by atoms with Crippen molar-refractivity contribution in [2.45, 2.75) is 25.4 Å². The summed E-state index contributed by atoms with van der Waals surface area (Å²) >= 11 is 3.22. The van der Waals surface area contributed by atoms with E-state index in [1.807, 2.05) is 0 Å². The summed E-state index contributed by atoms with van der Waals surface area (Å²) in [5, 5.41) is 3.32. The second kappa shape index (κ2) is 4.82. The lowest BCUT2D eigenvalue weighted by atomic mass is 10.2. The van der Waals surface area contributed by atoms with Crippen molar-refractivity contribution >= 4 is 15.9 Å². The van der Waals surface area contributed by atoms with Crippen LogP contribution in [0.3, 0.4) is 0 Å². The highest BCUT2D eigenvalue weighted by molar-refractivity contribution is 9.10. The van der Waals surface area contributed by atoms with Crippen molar-refractivity contribution in [3.63, 3.8) is 0 Å². The second-order valence-electron chi connectivity index (χ2n) is 4.37. The first-order valence-electron chi connectivity index (χ1n) is 5.86. The predicted molar refractivity (Wildman–Crippen MR) is 69.5 cm³/mol. The van der Waals surface area contributed by atoms with Crippen LogP contribution >= 0.6 is 15.9 Å². The Morgan fingerprint density at radius 3 is 3.06 bits per heavy atom. The summed E-state index contributed by atoms with van der Waals surface area (Å²) in [4.78, 5) is 4.19. The Labute approximate surface area is 113 Å². The number of oxazole rings is 1. The molecule has 5 heteroatoms. The molecule has 0 bridgehead atoms. The van der Waals surface area contributed by atoms with Gasteiger partial charge in [0.25, 0.3) is 0 Å². The number of benzene rings is 1. The smallest absolute Gasteiger partial charge is 0.208 e. The molecule has 1 N–H and O–H groups in total. The van der Waals surface area contributed by atoms with Crippen molar-refractivity contribution in [1.82, 2.24) is 10.3 Å². The van der Waals surface area contributed by atoms with Crippen molar-refractivity contribution < 1.29 is 8.81 Å². The van der Waals surface area contributed by atoms with Gasteiger partial charge in [-0.15, -0.1) is 0 Å². The van der Waals surface area contributed by atoms with Gasteiger partial charge in [0.2, 0.25) is 5.89 Å². The van der Waals surface area contributed by atoms with Gasteiger partial charge in [-0.1, -0.05) is 6.07 Å². The van der Waals surface area contributed by atoms with Crippen molar-refractivity contribution in [2.24, 2.45) is 0 Å². The highest BCUT2D eigenvalue weighted by Gasteiger charge is 2.21. The van der Waals surface area contributed by atoms with Gasteiger partial charge in [-0.05, 0) is 40.9 Å². The minimum Gasteiger partial charge on any atom is -0.439 e. The molecular formula is C13H12BrFN2O. The molecule has 0 saturated heterocycles. The molecular weight excluding hydrogens is 299 g/mol. The summed E-state index contributed by atoms with van der Waals surface area (Å²) in [6, 6.07) is 5.46. The second-order valence-corrected chi connectivity index (χ2v) is 5.17. The van der Waals surface area contributed by atoms with Gasteiger partial charge in [0.15, 0.2) is 5.76 Å². The summed E-state index contributed by atoms with van der Waals surface area (Å²) in [5.74, 6) is 0.906. The van der Waals surface area contributed by atoms with Gasteiger partial charge in [-0.2, -0.15) is 0 Å². The van der Waals surface area contributed by atoms with Crippen molar-refractivity contribution in [1.29, 1.82) is 0 Å². The van der Waals surface area contributed by atoms with Gasteiger partial charge < -0.3 is 9.73 Å². The van der Waals surface area contributed by atoms with E-state index in [0.717, 1.165) is 0 Å². The molecule has 0 radical (unpaired) electrons. The van der Waals surface area contributed by atoms with Crippen LogP contribution in [-0.4, -0.2) is 11.0 Å². The minimum atomic E-state index is -0.304. The zero-order chi connectivity index (χ0) is 12.5. The van der Waals surface area contributed by atoms with Gasteiger partial charge in [0.1, 0.15) is 5.82 Å². The number of rotatable bonds is 4. The molecule has 1 aliphatic carbocycles. The van der Waals surface area contributed by atoms with E-state index in [0.29, 0.717) is 34.3 Å². The monoisotopic (exact) mass is 310 g/mol. The number of aromatic nitrogens is 1. The van der Waals surface area contributed by atoms with Gasteiger partial charge in [0.05, 0.1) is 17.2 Å². The zero-order valence-electron chi connectivity index (χ0n) is 9.62. The summed E-state index contributed by atoms with van der Waals surface area (Å²) in [5.41, 5.74) is 0.681. The van der Waals surface area contributed by atoms with Crippen molar-refractivity contribution in [2.75, 3.05) is 0 Å². The van der Waals surface area contributed by atoms with Crippen LogP contribution in [-0.2, 0) is 6.54 Å². The molecule has 1 aliphatic rings. The highest BCUT2D eigenvalue weighted by Crippen LogP contribution is 2.30. The highest BCUT2D eigenvalue weighted by atomic mass is 79.9. The molecule has 0 aliphatic heterocycles. The van der Waals surface area contributed by atoms with Gasteiger partial charge in [-0.25, -0.2) is 9.37 Å². The van der Waals surface area contributed by atoms with E-state index >= 15 is 0 Å². The molecule has 94 valence electrons. The van der Waals surface area contributed by atoms with Crippen LogP contribution in [0.15, 0.2) is 33.3 Å². The normalized spacial score (nSPS) is 15.0. The lowest BCUT2D eigenvalue weighted by Crippen LogP contribution is -2.15. The third-order valence-corrected chi connectivity index (χ3v) is 3.70. The fraction of sp³-hybridized carbons (Fsp3) is 0.308. The average molecular weight is 311 g/mol. The average Bonchev–Trinajstić information content (AvgIpc) is 3.08. The molecule has 0 unspecified atom stereocenters. The third kappa shape index (κ3) is 2.47. The lowest BCUT2D eigenvalue weighted by Gasteiger charge is -2.01. The predicted octanol–water partition coefficient (Wildman–Crippen LogP) is 3.50. The number of hydrogen-bond acceptors (Lipinski definition) is 3. The van der Waals surface area contributed by atoms with E-state index in [9.17, 15) is 4.39 Å². The molecule has 1 heterocycles. The molecule has 18 heavy (non-hydrogen) atoms. The van der Waals surface area contributed by atoms with Crippen LogP contribution < -0.4 is 5.32 Å². The van der Waals surface area contributed by atoms with Crippen LogP contribution in [0.5, 0.6) is 0 Å². The van der Waals surface area contributed by atoms with Crippen molar-refractivity contribution in [3.8, 4) is 11.3 Å². The van der Waals surface area contributed by atoms with E-state index in [2.05, 4.69) is 26.2 Å². The number of hydrogen-bond donors (Lipinski definition) is 1. The number of halogens is 2. The molecule has 3 rings (SSSR count). The van der Waals surface area contributed by atoms with E-state index in [1.165, 1.54) is 18.9 Å². The Morgan fingerprint density at radius 1 is 1.44 bits per heavy atom. The fourth-order valence-electron chi connectivity index (χ4n) is 1.73.